The fraction of sp³-hybridized carbons (Fsp3) is 0.525. The molecule has 0 radical (unpaired) electrons. The van der Waals surface area contributed by atoms with Crippen molar-refractivity contribution < 1.29 is 43.3 Å². The summed E-state index contributed by atoms with van der Waals surface area (Å²) < 4.78 is 18.5. The molecule has 5 atom stereocenters. The SMILES string of the molecule is C=C[C@@H]1CC1(NC(=O)[C@@H]1C[C@@H](Oc2cc(-c3csc(NC(=O)C(C)C)n3)nc3c(Br)c(OC)ccc23)CN1C(=O)[C@@H](NC(=O)OC1CCCC1)C(C)(C)C)C(=O)O. The van der Waals surface area contributed by atoms with E-state index in [-0.39, 0.29) is 37.3 Å². The molecule has 2 saturated carbocycles. The number of hydrogen-bond acceptors (Lipinski definition) is 11. The molecule has 0 spiro atoms. The molecule has 2 aromatic heterocycles. The number of carbonyl (C=O) groups is 5. The minimum atomic E-state index is -1.54. The number of ether oxygens (including phenoxy) is 3. The van der Waals surface area contributed by atoms with Gasteiger partial charge < -0.3 is 40.2 Å². The van der Waals surface area contributed by atoms with Crippen molar-refractivity contribution in [1.29, 1.82) is 0 Å². The number of likely N-dealkylation sites (tertiary alicyclic amines) is 1. The average Bonchev–Trinajstić information content (AvgIpc) is 3.57. The summed E-state index contributed by atoms with van der Waals surface area (Å²) in [6.07, 6.45) is 3.37. The molecule has 3 heterocycles. The number of hydrogen-bond donors (Lipinski definition) is 4. The molecule has 1 saturated heterocycles. The van der Waals surface area contributed by atoms with E-state index in [4.69, 9.17) is 19.2 Å². The Kier molecular flexibility index (Phi) is 12.2. The van der Waals surface area contributed by atoms with Crippen LogP contribution in [0, 0.1) is 17.3 Å². The molecule has 3 aromatic rings. The molecule has 1 aliphatic heterocycles. The lowest BCUT2D eigenvalue weighted by Crippen LogP contribution is -2.59. The van der Waals surface area contributed by atoms with E-state index in [0.717, 1.165) is 25.7 Å². The zero-order chi connectivity index (χ0) is 41.4. The third-order valence-electron chi connectivity index (χ3n) is 10.7. The number of carbonyl (C=O) groups excluding carboxylic acids is 4. The molecule has 4 N–H and O–H groups in total. The van der Waals surface area contributed by atoms with Gasteiger partial charge in [-0.1, -0.05) is 40.7 Å². The molecule has 57 heavy (non-hydrogen) atoms. The summed E-state index contributed by atoms with van der Waals surface area (Å²) in [7, 11) is 1.54. The minimum absolute atomic E-state index is 0.00791. The standard InChI is InChI=1S/C40H49BrN6O9S/c1-8-21-17-40(21,36(51)52)46-34(49)27-15-23(18-47(27)35(50)32(39(4,5)6)44-38(53)56-22-11-9-10-12-22)55-29-16-25(26-19-57-37(43-26)45-33(48)20(2)3)42-31-24(29)13-14-28(54-7)30(31)41/h8,13-14,16,19-23,27,32H,1,9-12,15,17-18H2,2-7H3,(H,44,53)(H,46,49)(H,51,52)(H,43,45,48)/t21-,23-,27+,32-,40?/m1/s1. The van der Waals surface area contributed by atoms with Gasteiger partial charge in [-0.15, -0.1) is 17.9 Å². The van der Waals surface area contributed by atoms with Gasteiger partial charge in [-0.2, -0.15) is 0 Å². The number of pyridine rings is 1. The Hall–Kier alpha value is -4.77. The minimum Gasteiger partial charge on any atom is -0.495 e. The second-order valence-electron chi connectivity index (χ2n) is 16.2. The van der Waals surface area contributed by atoms with Gasteiger partial charge in [0.25, 0.3) is 0 Å². The molecule has 306 valence electrons. The Balaban J connectivity index is 1.34. The lowest BCUT2D eigenvalue weighted by atomic mass is 9.85. The van der Waals surface area contributed by atoms with Crippen LogP contribution in [0.4, 0.5) is 9.93 Å². The molecular weight excluding hydrogens is 820 g/mol. The van der Waals surface area contributed by atoms with Gasteiger partial charge in [-0.3, -0.25) is 14.4 Å². The van der Waals surface area contributed by atoms with Crippen LogP contribution in [0.1, 0.15) is 73.1 Å². The third kappa shape index (κ3) is 8.88. The van der Waals surface area contributed by atoms with Gasteiger partial charge in [0.2, 0.25) is 17.7 Å². The second-order valence-corrected chi connectivity index (χ2v) is 17.9. The van der Waals surface area contributed by atoms with Crippen LogP contribution in [0.15, 0.2) is 40.7 Å². The molecule has 15 nitrogen and oxygen atoms in total. The van der Waals surface area contributed by atoms with Crippen LogP contribution in [0.2, 0.25) is 0 Å². The van der Waals surface area contributed by atoms with Gasteiger partial charge in [0.15, 0.2) is 5.13 Å². The Morgan fingerprint density at radius 2 is 1.81 bits per heavy atom. The molecule has 4 amide bonds. The number of aliphatic carboxylic acids is 1. The summed E-state index contributed by atoms with van der Waals surface area (Å²) >= 11 is 4.87. The number of anilines is 1. The first-order valence-electron chi connectivity index (χ1n) is 19.0. The number of rotatable bonds is 13. The fourth-order valence-electron chi connectivity index (χ4n) is 7.29. The largest absolute Gasteiger partial charge is 0.495 e. The van der Waals surface area contributed by atoms with E-state index in [1.54, 1.807) is 58.2 Å². The molecule has 1 aromatic carbocycles. The number of carboxylic acids is 1. The third-order valence-corrected chi connectivity index (χ3v) is 12.2. The van der Waals surface area contributed by atoms with Gasteiger partial charge in [0.05, 0.1) is 29.3 Å². The Bertz CT molecular complexity index is 2080. The quantitative estimate of drug-likeness (QED) is 0.141. The number of aromatic nitrogens is 2. The van der Waals surface area contributed by atoms with E-state index in [9.17, 15) is 29.1 Å². The van der Waals surface area contributed by atoms with Crippen molar-refractivity contribution in [3.8, 4) is 22.9 Å². The van der Waals surface area contributed by atoms with E-state index in [1.165, 1.54) is 29.4 Å². The van der Waals surface area contributed by atoms with Crippen molar-refractivity contribution in [2.45, 2.75) is 103 Å². The Labute approximate surface area is 343 Å². The first kappa shape index (κ1) is 41.9. The zero-order valence-corrected chi connectivity index (χ0v) is 35.3. The van der Waals surface area contributed by atoms with Gasteiger partial charge in [-0.25, -0.2) is 19.6 Å². The summed E-state index contributed by atoms with van der Waals surface area (Å²) in [4.78, 5) is 77.5. The lowest BCUT2D eigenvalue weighted by molar-refractivity contribution is -0.146. The van der Waals surface area contributed by atoms with Crippen molar-refractivity contribution in [3.63, 3.8) is 0 Å². The first-order valence-corrected chi connectivity index (χ1v) is 20.7. The number of alkyl carbamates (subject to hydrolysis) is 1. The molecule has 6 rings (SSSR count). The van der Waals surface area contributed by atoms with E-state index in [0.29, 0.717) is 43.4 Å². The van der Waals surface area contributed by atoms with Crippen LogP contribution in [0.3, 0.4) is 0 Å². The van der Waals surface area contributed by atoms with Crippen LogP contribution in [0.25, 0.3) is 22.3 Å². The number of thiazole rings is 1. The number of nitrogens with zero attached hydrogens (tertiary/aromatic N) is 3. The van der Waals surface area contributed by atoms with E-state index >= 15 is 0 Å². The highest BCUT2D eigenvalue weighted by atomic mass is 79.9. The number of halogens is 1. The summed E-state index contributed by atoms with van der Waals surface area (Å²) in [6.45, 7) is 12.6. The predicted molar refractivity (Wildman–Crippen MR) is 217 cm³/mol. The van der Waals surface area contributed by atoms with Crippen molar-refractivity contribution in [3.05, 3.63) is 40.7 Å². The van der Waals surface area contributed by atoms with Crippen LogP contribution < -0.4 is 25.4 Å². The summed E-state index contributed by atoms with van der Waals surface area (Å²) in [6, 6.07) is 3.01. The number of nitrogens with one attached hydrogen (secondary N) is 3. The van der Waals surface area contributed by atoms with Gasteiger partial charge >= 0.3 is 12.1 Å². The fourth-order valence-corrected chi connectivity index (χ4v) is 8.59. The van der Waals surface area contributed by atoms with Gasteiger partial charge in [0.1, 0.15) is 47.0 Å². The van der Waals surface area contributed by atoms with Crippen molar-refractivity contribution in [2.75, 3.05) is 19.0 Å². The van der Waals surface area contributed by atoms with E-state index in [2.05, 4.69) is 43.4 Å². The summed E-state index contributed by atoms with van der Waals surface area (Å²) in [5, 5.41) is 21.2. The number of benzene rings is 1. The Morgan fingerprint density at radius 1 is 1.09 bits per heavy atom. The second kappa shape index (κ2) is 16.6. The molecule has 1 unspecified atom stereocenters. The van der Waals surface area contributed by atoms with Crippen molar-refractivity contribution in [2.24, 2.45) is 17.3 Å². The van der Waals surface area contributed by atoms with Crippen molar-refractivity contribution in [1.82, 2.24) is 25.5 Å². The highest BCUT2D eigenvalue weighted by molar-refractivity contribution is 9.10. The van der Waals surface area contributed by atoms with E-state index < -0.39 is 58.9 Å². The van der Waals surface area contributed by atoms with Crippen molar-refractivity contribution >= 4 is 73.1 Å². The first-order chi connectivity index (χ1) is 26.9. The highest BCUT2D eigenvalue weighted by Crippen LogP contribution is 2.45. The van der Waals surface area contributed by atoms with E-state index in [1.807, 2.05) is 0 Å². The molecule has 3 fully saturated rings. The zero-order valence-electron chi connectivity index (χ0n) is 32.8. The van der Waals surface area contributed by atoms with Crippen LogP contribution in [-0.2, 0) is 23.9 Å². The normalized spacial score (nSPS) is 22.5. The van der Waals surface area contributed by atoms with Gasteiger partial charge in [-0.05, 0) is 65.6 Å². The van der Waals surface area contributed by atoms with Crippen LogP contribution >= 0.6 is 27.3 Å². The summed E-state index contributed by atoms with van der Waals surface area (Å²) in [5.41, 5.74) is -0.945. The maximum absolute atomic E-state index is 14.6. The maximum Gasteiger partial charge on any atom is 0.408 e. The lowest BCUT2D eigenvalue weighted by Gasteiger charge is -2.35. The predicted octanol–water partition coefficient (Wildman–Crippen LogP) is 6.30. The average molecular weight is 870 g/mol. The number of fused-ring (bicyclic) bond motifs is 1. The molecule has 17 heteroatoms. The number of methoxy groups -OCH3 is 1. The molecule has 2 aliphatic carbocycles. The summed E-state index contributed by atoms with van der Waals surface area (Å²) in [5.74, 6) is -2.40. The maximum atomic E-state index is 14.6. The topological polar surface area (TPSA) is 198 Å². The smallest absolute Gasteiger partial charge is 0.408 e. The highest BCUT2D eigenvalue weighted by Gasteiger charge is 2.61. The number of amides is 4. The Morgan fingerprint density at radius 3 is 2.42 bits per heavy atom. The monoisotopic (exact) mass is 868 g/mol. The number of carboxylic acid groups (broad SMARTS) is 1. The molecule has 0 bridgehead atoms. The van der Waals surface area contributed by atoms with Crippen LogP contribution in [-0.4, -0.2) is 93.2 Å². The molecular formula is C40H49BrN6O9S. The van der Waals surface area contributed by atoms with Gasteiger partial charge in [0, 0.05) is 35.1 Å². The molecule has 3 aliphatic rings. The van der Waals surface area contributed by atoms with Crippen LogP contribution in [0.5, 0.6) is 11.5 Å².